The molecule has 4 amide bonds. The van der Waals surface area contributed by atoms with Crippen molar-refractivity contribution in [1.82, 2.24) is 40.4 Å². The molecule has 4 N–H and O–H groups in total. The number of alkyl carbamates (subject to hydrolysis) is 2. The topological polar surface area (TPSA) is 193 Å². The SMILES string of the molecule is COC(=O)N[C@H](C(=O)N1[C@@H](I)CC[C@H]1c1ncc(-c2ccc3c(c2)COc2cc4c(ccc5nc([C@@H]6CC[C@H](C)N6C(=O)[C@@H](NC(=O)OC)[C@@H](C)OC(F)F)[nH]c54)cc2-3)[nH]1)C(C)I. The summed E-state index contributed by atoms with van der Waals surface area (Å²) in [6.07, 6.45) is 1.52. The first-order chi connectivity index (χ1) is 30.2. The maximum atomic E-state index is 14.0. The molecule has 2 fully saturated rings. The highest BCUT2D eigenvalue weighted by atomic mass is 127. The van der Waals surface area contributed by atoms with Crippen molar-refractivity contribution < 1.29 is 46.9 Å². The molecule has 16 nitrogen and oxygen atoms in total. The van der Waals surface area contributed by atoms with Gasteiger partial charge in [0.15, 0.2) is 0 Å². The first-order valence-electron chi connectivity index (χ1n) is 20.5. The predicted molar refractivity (Wildman–Crippen MR) is 245 cm³/mol. The van der Waals surface area contributed by atoms with E-state index in [1.165, 1.54) is 14.0 Å². The molecule has 5 heterocycles. The van der Waals surface area contributed by atoms with Crippen LogP contribution < -0.4 is 15.4 Å². The number of likely N-dealkylation sites (tertiary alicyclic amines) is 2. The van der Waals surface area contributed by atoms with Crippen LogP contribution in [-0.4, -0.2) is 107 Å². The number of ether oxygens (including phenoxy) is 4. The molecule has 3 aliphatic rings. The zero-order valence-corrected chi connectivity index (χ0v) is 39.2. The van der Waals surface area contributed by atoms with Gasteiger partial charge in [-0.2, -0.15) is 8.78 Å². The number of amides is 4. The molecule has 3 aromatic carbocycles. The maximum Gasteiger partial charge on any atom is 0.407 e. The second kappa shape index (κ2) is 18.3. The van der Waals surface area contributed by atoms with Crippen LogP contribution in [0.3, 0.4) is 0 Å². The molecule has 20 heteroatoms. The van der Waals surface area contributed by atoms with E-state index >= 15 is 0 Å². The Balaban J connectivity index is 1.04. The van der Waals surface area contributed by atoms with Crippen molar-refractivity contribution in [2.75, 3.05) is 14.2 Å². The first kappa shape index (κ1) is 44.8. The number of fused-ring (bicyclic) bond motifs is 6. The number of carbonyl (C=O) groups is 4. The number of halogens is 4. The fourth-order valence-corrected chi connectivity index (χ4v) is 10.4. The highest BCUT2D eigenvalue weighted by Gasteiger charge is 2.44. The molecule has 5 aromatic rings. The van der Waals surface area contributed by atoms with Crippen molar-refractivity contribution in [3.8, 4) is 28.1 Å². The summed E-state index contributed by atoms with van der Waals surface area (Å²) in [4.78, 5) is 72.1. The highest BCUT2D eigenvalue weighted by Crippen LogP contribution is 2.44. The Bertz CT molecular complexity index is 2570. The van der Waals surface area contributed by atoms with Crippen molar-refractivity contribution in [1.29, 1.82) is 0 Å². The number of hydrogen-bond acceptors (Lipinski definition) is 10. The minimum atomic E-state index is -3.15. The summed E-state index contributed by atoms with van der Waals surface area (Å²) in [5.41, 5.74) is 6.10. The van der Waals surface area contributed by atoms with Crippen molar-refractivity contribution >= 4 is 91.0 Å². The minimum Gasteiger partial charge on any atom is -0.488 e. The molecule has 0 saturated carbocycles. The number of aromatic amines is 2. The van der Waals surface area contributed by atoms with E-state index in [1.807, 2.05) is 43.0 Å². The summed E-state index contributed by atoms with van der Waals surface area (Å²) in [5, 5.41) is 6.89. The van der Waals surface area contributed by atoms with Gasteiger partial charge in [-0.3, -0.25) is 9.59 Å². The van der Waals surface area contributed by atoms with E-state index in [0.29, 0.717) is 42.4 Å². The Morgan fingerprint density at radius 3 is 2.29 bits per heavy atom. The summed E-state index contributed by atoms with van der Waals surface area (Å²) in [7, 11) is 2.40. The molecule has 63 heavy (non-hydrogen) atoms. The van der Waals surface area contributed by atoms with E-state index < -0.39 is 48.9 Å². The number of aromatic nitrogens is 4. The average molecular weight is 1090 g/mol. The molecular formula is C43H46F2I2N8O8. The molecule has 8 atom stereocenters. The molecular weight excluding hydrogens is 1050 g/mol. The smallest absolute Gasteiger partial charge is 0.407 e. The van der Waals surface area contributed by atoms with E-state index in [2.05, 4.69) is 93.5 Å². The molecule has 0 radical (unpaired) electrons. The van der Waals surface area contributed by atoms with Gasteiger partial charge in [-0.1, -0.05) is 70.3 Å². The number of imidazole rings is 2. The summed E-state index contributed by atoms with van der Waals surface area (Å²) in [5.74, 6) is 1.13. The minimum absolute atomic E-state index is 0.0731. The maximum absolute atomic E-state index is 14.0. The second-order valence-electron chi connectivity index (χ2n) is 16.0. The van der Waals surface area contributed by atoms with Crippen LogP contribution in [0.5, 0.6) is 5.75 Å². The molecule has 0 aliphatic carbocycles. The van der Waals surface area contributed by atoms with Gasteiger partial charge in [-0.25, -0.2) is 19.6 Å². The van der Waals surface area contributed by atoms with Crippen LogP contribution in [0.15, 0.2) is 48.7 Å². The molecule has 0 bridgehead atoms. The summed E-state index contributed by atoms with van der Waals surface area (Å²) < 4.78 is 46.7. The summed E-state index contributed by atoms with van der Waals surface area (Å²) in [6, 6.07) is 10.9. The average Bonchev–Trinajstić information content (AvgIpc) is 4.08. The van der Waals surface area contributed by atoms with Crippen LogP contribution >= 0.6 is 45.2 Å². The highest BCUT2D eigenvalue weighted by molar-refractivity contribution is 14.1. The zero-order valence-electron chi connectivity index (χ0n) is 34.9. The monoisotopic (exact) mass is 1090 g/mol. The van der Waals surface area contributed by atoms with Crippen LogP contribution in [0.1, 0.15) is 75.8 Å². The summed E-state index contributed by atoms with van der Waals surface area (Å²) in [6.45, 7) is 2.22. The summed E-state index contributed by atoms with van der Waals surface area (Å²) >= 11 is 4.42. The Labute approximate surface area is 388 Å². The van der Waals surface area contributed by atoms with Crippen LogP contribution in [-0.2, 0) is 30.4 Å². The number of benzene rings is 3. The van der Waals surface area contributed by atoms with Crippen molar-refractivity contribution in [2.24, 2.45) is 0 Å². The lowest BCUT2D eigenvalue weighted by molar-refractivity contribution is -0.172. The fourth-order valence-electron chi connectivity index (χ4n) is 8.93. The van der Waals surface area contributed by atoms with Crippen molar-refractivity contribution in [3.05, 3.63) is 65.9 Å². The Morgan fingerprint density at radius 1 is 0.873 bits per heavy atom. The molecule has 8 rings (SSSR count). The van der Waals surface area contributed by atoms with Gasteiger partial charge in [0.2, 0.25) is 11.8 Å². The molecule has 3 aliphatic heterocycles. The number of alkyl halides is 4. The van der Waals surface area contributed by atoms with E-state index in [-0.39, 0.29) is 26.0 Å². The predicted octanol–water partition coefficient (Wildman–Crippen LogP) is 8.04. The van der Waals surface area contributed by atoms with Crippen LogP contribution in [0, 0.1) is 0 Å². The molecule has 1 unspecified atom stereocenters. The van der Waals surface area contributed by atoms with E-state index in [9.17, 15) is 28.0 Å². The van der Waals surface area contributed by atoms with Gasteiger partial charge in [0.05, 0.1) is 59.4 Å². The molecule has 0 spiro atoms. The Kier molecular flexibility index (Phi) is 13.0. The number of carbonyl (C=O) groups excluding carboxylic acids is 4. The largest absolute Gasteiger partial charge is 0.488 e. The van der Waals surface area contributed by atoms with Gasteiger partial charge in [-0.05, 0) is 85.9 Å². The standard InChI is InChI=1S/C43H46F2I2N8O8/c1-19-6-11-31(54(19)40(57)35(53-43(59)61-5)21(3)63-41(44)45)38-49-28-10-8-22-15-27-25-9-7-23(14-24(25)18-62-32(27)16-26(22)36(28)51-38)29-17-48-37(50-29)30-12-13-33(47)55(30)39(56)34(20(2)46)52-42(58)60-4/h7-10,14-17,19-21,30-31,33-35,41H,6,11-13,18H2,1-5H3,(H,48,50)(H,49,51)(H,52,58)(H,53,59)/t19-,20?,21+,30-,31-,33+,34-,35-/m0/s1. The van der Waals surface area contributed by atoms with Gasteiger partial charge in [0.25, 0.3) is 0 Å². The number of H-pyrrole nitrogens is 2. The third kappa shape index (κ3) is 8.73. The zero-order chi connectivity index (χ0) is 44.9. The van der Waals surface area contributed by atoms with E-state index in [1.54, 1.807) is 11.1 Å². The van der Waals surface area contributed by atoms with Crippen LogP contribution in [0.2, 0.25) is 0 Å². The van der Waals surface area contributed by atoms with Gasteiger partial charge < -0.3 is 49.3 Å². The lowest BCUT2D eigenvalue weighted by Crippen LogP contribution is -2.55. The van der Waals surface area contributed by atoms with Crippen LogP contribution in [0.4, 0.5) is 18.4 Å². The Hall–Kier alpha value is -4.84. The third-order valence-electron chi connectivity index (χ3n) is 12.1. The van der Waals surface area contributed by atoms with Gasteiger partial charge >= 0.3 is 18.8 Å². The van der Waals surface area contributed by atoms with Gasteiger partial charge in [0.1, 0.15) is 36.1 Å². The quantitative estimate of drug-likeness (QED) is 0.0572. The van der Waals surface area contributed by atoms with Gasteiger partial charge in [-0.15, -0.1) is 0 Å². The number of rotatable bonds is 11. The van der Waals surface area contributed by atoms with Crippen molar-refractivity contribution in [3.63, 3.8) is 0 Å². The van der Waals surface area contributed by atoms with Crippen molar-refractivity contribution in [2.45, 2.75) is 104 Å². The molecule has 2 saturated heterocycles. The third-order valence-corrected chi connectivity index (χ3v) is 14.0. The lowest BCUT2D eigenvalue weighted by Gasteiger charge is -2.33. The molecule has 2 aromatic heterocycles. The second-order valence-corrected chi connectivity index (χ2v) is 19.4. The Morgan fingerprint density at radius 2 is 1.57 bits per heavy atom. The first-order valence-corrected chi connectivity index (χ1v) is 23.0. The van der Waals surface area contributed by atoms with Gasteiger partial charge in [0, 0.05) is 20.9 Å². The van der Waals surface area contributed by atoms with Crippen LogP contribution in [0.25, 0.3) is 44.2 Å². The number of nitrogens with zero attached hydrogens (tertiary/aromatic N) is 4. The normalized spacial score (nSPS) is 21.4. The fraction of sp³-hybridized carbons (Fsp3) is 0.442. The lowest BCUT2D eigenvalue weighted by atomic mass is 9.92. The number of nitrogens with one attached hydrogen (secondary N) is 4. The van der Waals surface area contributed by atoms with E-state index in [4.69, 9.17) is 19.4 Å². The number of hydrogen-bond donors (Lipinski definition) is 4. The molecule has 334 valence electrons. The van der Waals surface area contributed by atoms with E-state index in [0.717, 1.165) is 64.2 Å². The number of methoxy groups -OCH3 is 2.